The van der Waals surface area contributed by atoms with Crippen LogP contribution >= 0.6 is 0 Å². The van der Waals surface area contributed by atoms with E-state index in [1.54, 1.807) is 0 Å². The van der Waals surface area contributed by atoms with Crippen molar-refractivity contribution in [3.8, 4) is 23.0 Å². The van der Waals surface area contributed by atoms with Gasteiger partial charge in [0.05, 0.1) is 11.2 Å². The summed E-state index contributed by atoms with van der Waals surface area (Å²) in [6, 6.07) is 26.3. The second-order valence-electron chi connectivity index (χ2n) is 5.66. The minimum atomic E-state index is 0.358. The summed E-state index contributed by atoms with van der Waals surface area (Å²) in [7, 11) is 0. The molecular formula is C21H16N2O. The van der Waals surface area contributed by atoms with E-state index in [0.717, 1.165) is 27.9 Å². The van der Waals surface area contributed by atoms with Gasteiger partial charge in [-0.2, -0.15) is 9.97 Å². The van der Waals surface area contributed by atoms with E-state index in [9.17, 15) is 0 Å². The van der Waals surface area contributed by atoms with Gasteiger partial charge in [-0.15, -0.1) is 0 Å². The third kappa shape index (κ3) is 2.84. The normalized spacial score (nSPS) is 10.7. The Morgan fingerprint density at radius 1 is 0.750 bits per heavy atom. The van der Waals surface area contributed by atoms with Crippen molar-refractivity contribution in [1.82, 2.24) is 9.97 Å². The van der Waals surface area contributed by atoms with Crippen LogP contribution in [0.2, 0.25) is 0 Å². The molecule has 0 aliphatic heterocycles. The maximum absolute atomic E-state index is 5.86. The fourth-order valence-electron chi connectivity index (χ4n) is 2.68. The molecule has 0 atom stereocenters. The standard InChI is InChI=1S/C21H16N2O/c1-15-12-13-19-18(14-15)20(16-8-4-2-5-9-16)23-21(22-19)24-17-10-6-3-7-11-17/h2-14H,1H3. The predicted octanol–water partition coefficient (Wildman–Crippen LogP) is 5.40. The van der Waals surface area contributed by atoms with E-state index < -0.39 is 0 Å². The SMILES string of the molecule is Cc1ccc2nc(Oc3ccccc3)nc(-c3ccccc3)c2c1. The zero-order valence-electron chi connectivity index (χ0n) is 13.3. The molecule has 0 spiro atoms. The van der Waals surface area contributed by atoms with Crippen LogP contribution in [-0.4, -0.2) is 9.97 Å². The molecule has 1 heterocycles. The Bertz CT molecular complexity index is 983. The van der Waals surface area contributed by atoms with Gasteiger partial charge in [0.2, 0.25) is 0 Å². The van der Waals surface area contributed by atoms with Gasteiger partial charge in [0.15, 0.2) is 0 Å². The molecule has 3 nitrogen and oxygen atoms in total. The number of aryl methyl sites for hydroxylation is 1. The highest BCUT2D eigenvalue weighted by Gasteiger charge is 2.11. The molecule has 0 bridgehead atoms. The molecule has 0 saturated heterocycles. The molecule has 116 valence electrons. The van der Waals surface area contributed by atoms with Crippen molar-refractivity contribution in [2.45, 2.75) is 6.92 Å². The van der Waals surface area contributed by atoms with E-state index in [4.69, 9.17) is 4.74 Å². The summed E-state index contributed by atoms with van der Waals surface area (Å²) in [4.78, 5) is 9.24. The smallest absolute Gasteiger partial charge is 0.323 e. The molecule has 0 aliphatic carbocycles. The van der Waals surface area contributed by atoms with Crippen LogP contribution in [0.1, 0.15) is 5.56 Å². The zero-order chi connectivity index (χ0) is 16.4. The van der Waals surface area contributed by atoms with Crippen LogP contribution in [0.25, 0.3) is 22.2 Å². The summed E-state index contributed by atoms with van der Waals surface area (Å²) in [6.07, 6.45) is 0. The van der Waals surface area contributed by atoms with Crippen molar-refractivity contribution in [1.29, 1.82) is 0 Å². The molecule has 3 aromatic carbocycles. The molecule has 4 aromatic rings. The quantitative estimate of drug-likeness (QED) is 0.508. The van der Waals surface area contributed by atoms with Crippen molar-refractivity contribution >= 4 is 10.9 Å². The van der Waals surface area contributed by atoms with Gasteiger partial charge in [-0.25, -0.2) is 0 Å². The number of rotatable bonds is 3. The Morgan fingerprint density at radius 2 is 1.46 bits per heavy atom. The topological polar surface area (TPSA) is 35.0 Å². The number of nitrogens with zero attached hydrogens (tertiary/aromatic N) is 2. The van der Waals surface area contributed by atoms with Gasteiger partial charge < -0.3 is 4.74 Å². The molecule has 24 heavy (non-hydrogen) atoms. The van der Waals surface area contributed by atoms with Crippen molar-refractivity contribution < 1.29 is 4.74 Å². The summed E-state index contributed by atoms with van der Waals surface area (Å²) in [6.45, 7) is 2.07. The number of aromatic nitrogens is 2. The van der Waals surface area contributed by atoms with Gasteiger partial charge in [-0.1, -0.05) is 60.2 Å². The van der Waals surface area contributed by atoms with Gasteiger partial charge in [-0.05, 0) is 31.2 Å². The van der Waals surface area contributed by atoms with E-state index >= 15 is 0 Å². The molecule has 0 unspecified atom stereocenters. The third-order valence-electron chi connectivity index (χ3n) is 3.83. The highest BCUT2D eigenvalue weighted by Crippen LogP contribution is 2.30. The maximum atomic E-state index is 5.86. The van der Waals surface area contributed by atoms with E-state index in [-0.39, 0.29) is 0 Å². The fraction of sp³-hybridized carbons (Fsp3) is 0.0476. The Labute approximate surface area is 140 Å². The lowest BCUT2D eigenvalue weighted by Gasteiger charge is -2.10. The molecule has 0 aliphatic rings. The van der Waals surface area contributed by atoms with Crippen LogP contribution < -0.4 is 4.74 Å². The summed E-state index contributed by atoms with van der Waals surface area (Å²) in [5.41, 5.74) is 3.99. The number of fused-ring (bicyclic) bond motifs is 1. The first-order chi connectivity index (χ1) is 11.8. The van der Waals surface area contributed by atoms with Crippen LogP contribution in [0, 0.1) is 6.92 Å². The second-order valence-corrected chi connectivity index (χ2v) is 5.66. The highest BCUT2D eigenvalue weighted by molar-refractivity contribution is 5.93. The van der Waals surface area contributed by atoms with Crippen LogP contribution in [0.4, 0.5) is 0 Å². The minimum absolute atomic E-state index is 0.358. The van der Waals surface area contributed by atoms with Gasteiger partial charge in [0.1, 0.15) is 5.75 Å². The Hall–Kier alpha value is -3.20. The molecule has 0 saturated carbocycles. The van der Waals surface area contributed by atoms with Crippen LogP contribution in [0.3, 0.4) is 0 Å². The van der Waals surface area contributed by atoms with Gasteiger partial charge in [-0.3, -0.25) is 0 Å². The summed E-state index contributed by atoms with van der Waals surface area (Å²) >= 11 is 0. The second kappa shape index (κ2) is 6.13. The Balaban J connectivity index is 1.89. The number of hydrogen-bond acceptors (Lipinski definition) is 3. The minimum Gasteiger partial charge on any atom is -0.424 e. The van der Waals surface area contributed by atoms with E-state index in [2.05, 4.69) is 41.2 Å². The zero-order valence-corrected chi connectivity index (χ0v) is 13.3. The summed E-state index contributed by atoms with van der Waals surface area (Å²) < 4.78 is 5.86. The van der Waals surface area contributed by atoms with Crippen LogP contribution in [0.15, 0.2) is 78.9 Å². The van der Waals surface area contributed by atoms with Crippen LogP contribution in [0.5, 0.6) is 11.8 Å². The van der Waals surface area contributed by atoms with E-state index in [1.165, 1.54) is 5.56 Å². The number of benzene rings is 3. The molecule has 3 heteroatoms. The lowest BCUT2D eigenvalue weighted by atomic mass is 10.0. The predicted molar refractivity (Wildman–Crippen MR) is 96.2 cm³/mol. The lowest BCUT2D eigenvalue weighted by molar-refractivity contribution is 0.445. The molecule has 0 radical (unpaired) electrons. The lowest BCUT2D eigenvalue weighted by Crippen LogP contribution is -1.96. The molecule has 1 aromatic heterocycles. The van der Waals surface area contributed by atoms with Gasteiger partial charge >= 0.3 is 6.01 Å². The highest BCUT2D eigenvalue weighted by atomic mass is 16.5. The monoisotopic (exact) mass is 312 g/mol. The number of para-hydroxylation sites is 1. The van der Waals surface area contributed by atoms with Crippen molar-refractivity contribution in [2.75, 3.05) is 0 Å². The average molecular weight is 312 g/mol. The van der Waals surface area contributed by atoms with Gasteiger partial charge in [0.25, 0.3) is 0 Å². The van der Waals surface area contributed by atoms with E-state index in [0.29, 0.717) is 6.01 Å². The van der Waals surface area contributed by atoms with E-state index in [1.807, 2.05) is 54.6 Å². The number of ether oxygens (including phenoxy) is 1. The first-order valence-corrected chi connectivity index (χ1v) is 7.86. The van der Waals surface area contributed by atoms with Crippen molar-refractivity contribution in [3.05, 3.63) is 84.4 Å². The molecule has 0 fully saturated rings. The first-order valence-electron chi connectivity index (χ1n) is 7.86. The maximum Gasteiger partial charge on any atom is 0.323 e. The molecule has 0 amide bonds. The fourth-order valence-corrected chi connectivity index (χ4v) is 2.68. The number of hydrogen-bond donors (Lipinski definition) is 0. The molecular weight excluding hydrogens is 296 g/mol. The summed E-state index contributed by atoms with van der Waals surface area (Å²) in [5.74, 6) is 0.725. The van der Waals surface area contributed by atoms with Crippen LogP contribution in [-0.2, 0) is 0 Å². The summed E-state index contributed by atoms with van der Waals surface area (Å²) in [5, 5.41) is 1.03. The largest absolute Gasteiger partial charge is 0.424 e. The molecule has 4 rings (SSSR count). The third-order valence-corrected chi connectivity index (χ3v) is 3.83. The molecule has 0 N–H and O–H groups in total. The van der Waals surface area contributed by atoms with Crippen molar-refractivity contribution in [3.63, 3.8) is 0 Å². The average Bonchev–Trinajstić information content (AvgIpc) is 2.63. The Kier molecular flexibility index (Phi) is 3.67. The Morgan fingerprint density at radius 3 is 2.21 bits per heavy atom. The van der Waals surface area contributed by atoms with Crippen molar-refractivity contribution in [2.24, 2.45) is 0 Å². The van der Waals surface area contributed by atoms with Gasteiger partial charge in [0, 0.05) is 10.9 Å². The first kappa shape index (κ1) is 14.4.